The van der Waals surface area contributed by atoms with E-state index in [1.54, 1.807) is 31.2 Å². The number of hydrogen-bond donors (Lipinski definition) is 2. The number of halogens is 7. The second kappa shape index (κ2) is 9.93. The van der Waals surface area contributed by atoms with Crippen LogP contribution in [0.4, 0.5) is 32.0 Å². The van der Waals surface area contributed by atoms with Crippen LogP contribution in [0.3, 0.4) is 0 Å². The third-order valence-electron chi connectivity index (χ3n) is 5.88. The third-order valence-corrected chi connectivity index (χ3v) is 7.93. The highest BCUT2D eigenvalue weighted by molar-refractivity contribution is 9.10. The van der Waals surface area contributed by atoms with Crippen molar-refractivity contribution in [3.05, 3.63) is 62.3 Å². The van der Waals surface area contributed by atoms with E-state index < -0.39 is 41.6 Å². The van der Waals surface area contributed by atoms with Gasteiger partial charge in [0.1, 0.15) is 21.4 Å². The molecular weight excluding hydrogens is 616 g/mol. The molecule has 3 heterocycles. The van der Waals surface area contributed by atoms with E-state index in [1.165, 1.54) is 13.8 Å². The Morgan fingerprint density at radius 1 is 1.08 bits per heavy atom. The highest BCUT2D eigenvalue weighted by Crippen LogP contribution is 2.44. The number of amides is 2. The Hall–Kier alpha value is -3.46. The number of thiophene rings is 1. The number of anilines is 1. The van der Waals surface area contributed by atoms with Crippen LogP contribution in [-0.4, -0.2) is 26.6 Å². The van der Waals surface area contributed by atoms with Crippen molar-refractivity contribution >= 4 is 55.0 Å². The first-order chi connectivity index (χ1) is 18.0. The molecule has 39 heavy (non-hydrogen) atoms. The van der Waals surface area contributed by atoms with Crippen LogP contribution in [0.2, 0.25) is 0 Å². The minimum absolute atomic E-state index is 0.00658. The van der Waals surface area contributed by atoms with Crippen LogP contribution in [0.25, 0.3) is 21.3 Å². The average Bonchev–Trinajstić information content (AvgIpc) is 3.35. The molecule has 0 fully saturated rings. The van der Waals surface area contributed by atoms with Gasteiger partial charge >= 0.3 is 12.4 Å². The van der Waals surface area contributed by atoms with Gasteiger partial charge in [0.2, 0.25) is 5.91 Å². The van der Waals surface area contributed by atoms with Gasteiger partial charge in [-0.2, -0.15) is 31.4 Å². The Morgan fingerprint density at radius 3 is 2.21 bits per heavy atom. The molecular formula is C24H18BrF6N5O2S. The Labute approximate surface area is 229 Å². The van der Waals surface area contributed by atoms with E-state index in [1.807, 2.05) is 0 Å². The van der Waals surface area contributed by atoms with Crippen molar-refractivity contribution in [2.24, 2.45) is 5.73 Å². The Kier molecular flexibility index (Phi) is 7.27. The topological polar surface area (TPSA) is 103 Å². The number of nitrogens with two attached hydrogens (primary N) is 1. The summed E-state index contributed by atoms with van der Waals surface area (Å²) in [6, 6.07) is 5.97. The molecule has 0 bridgehead atoms. The Morgan fingerprint density at radius 2 is 1.69 bits per heavy atom. The number of rotatable bonds is 5. The van der Waals surface area contributed by atoms with Crippen LogP contribution in [0, 0.1) is 13.8 Å². The number of carbonyl (C=O) groups is 2. The number of primary amides is 1. The van der Waals surface area contributed by atoms with Crippen LogP contribution >= 0.6 is 27.3 Å². The summed E-state index contributed by atoms with van der Waals surface area (Å²) in [5, 5.41) is 6.03. The second-order valence-corrected chi connectivity index (χ2v) is 10.4. The van der Waals surface area contributed by atoms with E-state index >= 15 is 0 Å². The number of benzene rings is 1. The zero-order valence-electron chi connectivity index (χ0n) is 20.3. The summed E-state index contributed by atoms with van der Waals surface area (Å²) in [4.78, 5) is 28.7. The van der Waals surface area contributed by atoms with Crippen molar-refractivity contribution in [3.8, 4) is 11.1 Å². The average molecular weight is 634 g/mol. The lowest BCUT2D eigenvalue weighted by atomic mass is 10.00. The molecule has 206 valence electrons. The first-order valence-electron chi connectivity index (χ1n) is 11.0. The molecule has 1 atom stereocenters. The van der Waals surface area contributed by atoms with Crippen LogP contribution in [-0.2, 0) is 17.1 Å². The molecule has 1 unspecified atom stereocenters. The molecule has 4 rings (SSSR count). The smallest absolute Gasteiger partial charge is 0.365 e. The maximum absolute atomic E-state index is 13.7. The third kappa shape index (κ3) is 5.37. The lowest BCUT2D eigenvalue weighted by Gasteiger charge is -2.16. The van der Waals surface area contributed by atoms with Gasteiger partial charge in [-0.15, -0.1) is 11.3 Å². The van der Waals surface area contributed by atoms with Gasteiger partial charge in [-0.1, -0.05) is 29.8 Å². The van der Waals surface area contributed by atoms with Crippen molar-refractivity contribution in [1.29, 1.82) is 0 Å². The van der Waals surface area contributed by atoms with Gasteiger partial charge in [0, 0.05) is 5.39 Å². The van der Waals surface area contributed by atoms with E-state index in [0.717, 1.165) is 16.3 Å². The number of alkyl halides is 6. The monoisotopic (exact) mass is 633 g/mol. The lowest BCUT2D eigenvalue weighted by Crippen LogP contribution is -2.26. The number of aryl methyl sites for hydroxylation is 1. The van der Waals surface area contributed by atoms with Gasteiger partial charge in [-0.05, 0) is 53.9 Å². The second-order valence-electron chi connectivity index (χ2n) is 8.62. The molecule has 15 heteroatoms. The fraction of sp³-hybridized carbons (Fsp3) is 0.250. The highest BCUT2D eigenvalue weighted by Gasteiger charge is 2.39. The Bertz CT molecular complexity index is 1610. The summed E-state index contributed by atoms with van der Waals surface area (Å²) in [5.41, 5.74) is 4.06. The fourth-order valence-electron chi connectivity index (χ4n) is 3.89. The largest absolute Gasteiger partial charge is 0.436 e. The van der Waals surface area contributed by atoms with Crippen LogP contribution in [0.5, 0.6) is 0 Å². The van der Waals surface area contributed by atoms with Crippen molar-refractivity contribution in [2.45, 2.75) is 39.2 Å². The summed E-state index contributed by atoms with van der Waals surface area (Å²) in [6.07, 6.45) is -9.61. The van der Waals surface area contributed by atoms with Crippen molar-refractivity contribution in [2.75, 3.05) is 5.32 Å². The summed E-state index contributed by atoms with van der Waals surface area (Å²) >= 11 is 3.40. The maximum atomic E-state index is 13.7. The molecule has 0 aliphatic carbocycles. The molecule has 7 nitrogen and oxygen atoms in total. The van der Waals surface area contributed by atoms with Gasteiger partial charge in [-0.25, -0.2) is 4.98 Å². The molecule has 3 aromatic heterocycles. The molecule has 0 saturated carbocycles. The number of pyridine rings is 1. The first-order valence-corrected chi connectivity index (χ1v) is 12.7. The summed E-state index contributed by atoms with van der Waals surface area (Å²) in [5.74, 6) is -1.93. The predicted molar refractivity (Wildman–Crippen MR) is 136 cm³/mol. The summed E-state index contributed by atoms with van der Waals surface area (Å²) in [6.45, 7) is 4.39. The van der Waals surface area contributed by atoms with Crippen molar-refractivity contribution in [3.63, 3.8) is 0 Å². The van der Waals surface area contributed by atoms with Crippen LogP contribution in [0.15, 0.2) is 34.8 Å². The first kappa shape index (κ1) is 28.5. The number of aromatic nitrogens is 3. The normalized spacial score (nSPS) is 13.1. The minimum Gasteiger partial charge on any atom is -0.365 e. The summed E-state index contributed by atoms with van der Waals surface area (Å²) < 4.78 is 81.6. The van der Waals surface area contributed by atoms with Gasteiger partial charge in [-0.3, -0.25) is 14.3 Å². The Balaban J connectivity index is 1.89. The number of nitrogens with zero attached hydrogens (tertiary/aromatic N) is 3. The molecule has 0 saturated heterocycles. The number of nitrogens with one attached hydrogen (secondary N) is 1. The van der Waals surface area contributed by atoms with Gasteiger partial charge in [0.15, 0.2) is 5.69 Å². The van der Waals surface area contributed by atoms with Crippen molar-refractivity contribution in [1.82, 2.24) is 14.8 Å². The number of carbonyl (C=O) groups excluding carboxylic acids is 2. The SMILES string of the molecule is Cc1ccc(-c2cc(C(F)(F)F)nc3sc(C(N)=O)c(NC(=O)C(C)n4nc(C(F)(F)F)c(Br)c4C)c23)cc1. The van der Waals surface area contributed by atoms with Crippen LogP contribution < -0.4 is 11.1 Å². The van der Waals surface area contributed by atoms with Gasteiger partial charge in [0.05, 0.1) is 15.9 Å². The highest BCUT2D eigenvalue weighted by atomic mass is 79.9. The van der Waals surface area contributed by atoms with Gasteiger partial charge < -0.3 is 11.1 Å². The molecule has 0 spiro atoms. The predicted octanol–water partition coefficient (Wildman–Crippen LogP) is 6.88. The standard InChI is InChI=1S/C24H18BrF6N5O2S/c1-9-4-6-12(7-5-9)13-8-14(23(26,27)28)33-22-15(13)17(18(39-22)20(32)37)34-21(38)11(3)36-10(2)16(25)19(35-36)24(29,30)31/h4-8,11H,1-3H3,(H2,32,37)(H,34,38). The number of hydrogen-bond acceptors (Lipinski definition) is 5. The molecule has 0 radical (unpaired) electrons. The minimum atomic E-state index is -4.82. The van der Waals surface area contributed by atoms with Gasteiger partial charge in [0.25, 0.3) is 5.91 Å². The molecule has 3 N–H and O–H groups in total. The molecule has 1 aromatic carbocycles. The van der Waals surface area contributed by atoms with E-state index in [4.69, 9.17) is 5.73 Å². The molecule has 0 aliphatic rings. The molecule has 2 amide bonds. The van der Waals surface area contributed by atoms with E-state index in [-0.39, 0.29) is 36.5 Å². The zero-order chi connectivity index (χ0) is 29.0. The molecule has 0 aliphatic heterocycles. The lowest BCUT2D eigenvalue weighted by molar-refractivity contribution is -0.142. The maximum Gasteiger partial charge on any atom is 0.436 e. The summed E-state index contributed by atoms with van der Waals surface area (Å²) in [7, 11) is 0. The quantitative estimate of drug-likeness (QED) is 0.234. The van der Waals surface area contributed by atoms with E-state index in [9.17, 15) is 35.9 Å². The van der Waals surface area contributed by atoms with E-state index in [2.05, 4.69) is 31.3 Å². The fourth-order valence-corrected chi connectivity index (χ4v) is 5.39. The van der Waals surface area contributed by atoms with Crippen LogP contribution in [0.1, 0.15) is 45.3 Å². The van der Waals surface area contributed by atoms with Crippen molar-refractivity contribution < 1.29 is 35.9 Å². The number of fused-ring (bicyclic) bond motifs is 1. The molecule has 4 aromatic rings. The zero-order valence-corrected chi connectivity index (χ0v) is 22.7. The van der Waals surface area contributed by atoms with E-state index in [0.29, 0.717) is 16.9 Å².